The molecule has 0 aliphatic rings. The van der Waals surface area contributed by atoms with Gasteiger partial charge >= 0.3 is 0 Å². The summed E-state index contributed by atoms with van der Waals surface area (Å²) < 4.78 is 3.18. The van der Waals surface area contributed by atoms with Gasteiger partial charge in [0.15, 0.2) is 0 Å². The summed E-state index contributed by atoms with van der Waals surface area (Å²) in [4.78, 5) is 0. The van der Waals surface area contributed by atoms with Gasteiger partial charge in [-0.2, -0.15) is 0 Å². The van der Waals surface area contributed by atoms with E-state index in [9.17, 15) is 5.11 Å². The molecular weight excluding hydrogens is 400 g/mol. The van der Waals surface area contributed by atoms with Crippen LogP contribution in [0.2, 0.25) is 0 Å². The lowest BCUT2D eigenvalue weighted by Crippen LogP contribution is -2.02. The molecule has 20 heavy (non-hydrogen) atoms. The highest BCUT2D eigenvalue weighted by atomic mass is 79.9. The quantitative estimate of drug-likeness (QED) is 0.585. The van der Waals surface area contributed by atoms with E-state index in [1.165, 1.54) is 15.6 Å². The standard InChI is InChI=1S/C16H12Br2OS/c17-11-5-6-14(18)13(8-11)15(19)7-10-9-20-16-4-2-1-3-12(10)16/h1-6,8-9,15,19H,7H2. The molecule has 0 radical (unpaired) electrons. The van der Waals surface area contributed by atoms with Crippen molar-refractivity contribution in [3.05, 3.63) is 67.9 Å². The van der Waals surface area contributed by atoms with Crippen molar-refractivity contribution in [3.8, 4) is 0 Å². The van der Waals surface area contributed by atoms with E-state index < -0.39 is 6.10 Å². The lowest BCUT2D eigenvalue weighted by Gasteiger charge is -2.13. The summed E-state index contributed by atoms with van der Waals surface area (Å²) in [7, 11) is 0. The van der Waals surface area contributed by atoms with Crippen molar-refractivity contribution in [2.24, 2.45) is 0 Å². The third-order valence-electron chi connectivity index (χ3n) is 3.29. The molecule has 0 aliphatic heterocycles. The first kappa shape index (κ1) is 14.3. The molecule has 0 fully saturated rings. The number of benzene rings is 2. The molecular formula is C16H12Br2OS. The van der Waals surface area contributed by atoms with Crippen LogP contribution >= 0.6 is 43.2 Å². The van der Waals surface area contributed by atoms with Crippen molar-refractivity contribution in [2.45, 2.75) is 12.5 Å². The second-order valence-electron chi connectivity index (χ2n) is 4.64. The Labute approximate surface area is 138 Å². The van der Waals surface area contributed by atoms with Crippen LogP contribution in [-0.4, -0.2) is 5.11 Å². The average Bonchev–Trinajstić information content (AvgIpc) is 2.85. The van der Waals surface area contributed by atoms with Crippen LogP contribution < -0.4 is 0 Å². The summed E-state index contributed by atoms with van der Waals surface area (Å²) in [5.74, 6) is 0. The maximum atomic E-state index is 10.5. The highest BCUT2D eigenvalue weighted by molar-refractivity contribution is 9.11. The monoisotopic (exact) mass is 410 g/mol. The van der Waals surface area contributed by atoms with Gasteiger partial charge < -0.3 is 5.11 Å². The lowest BCUT2D eigenvalue weighted by molar-refractivity contribution is 0.178. The van der Waals surface area contributed by atoms with Crippen LogP contribution in [0.4, 0.5) is 0 Å². The van der Waals surface area contributed by atoms with Gasteiger partial charge in [-0.05, 0) is 46.2 Å². The fourth-order valence-corrected chi connectivity index (χ4v) is 4.14. The first-order valence-electron chi connectivity index (χ1n) is 6.23. The minimum Gasteiger partial charge on any atom is -0.388 e. The number of rotatable bonds is 3. The van der Waals surface area contributed by atoms with Crippen molar-refractivity contribution in [1.29, 1.82) is 0 Å². The molecule has 0 spiro atoms. The second kappa shape index (κ2) is 5.98. The van der Waals surface area contributed by atoms with Gasteiger partial charge in [0.2, 0.25) is 0 Å². The highest BCUT2D eigenvalue weighted by Crippen LogP contribution is 2.32. The zero-order valence-corrected chi connectivity index (χ0v) is 14.5. The topological polar surface area (TPSA) is 20.2 Å². The molecule has 1 aromatic heterocycles. The second-order valence-corrected chi connectivity index (χ2v) is 7.32. The molecule has 3 aromatic rings. The molecule has 1 N–H and O–H groups in total. The van der Waals surface area contributed by atoms with Gasteiger partial charge in [0.25, 0.3) is 0 Å². The van der Waals surface area contributed by atoms with Crippen molar-refractivity contribution in [3.63, 3.8) is 0 Å². The number of hydrogen-bond acceptors (Lipinski definition) is 2. The van der Waals surface area contributed by atoms with Crippen molar-refractivity contribution >= 4 is 53.3 Å². The highest BCUT2D eigenvalue weighted by Gasteiger charge is 2.15. The van der Waals surface area contributed by atoms with Crippen LogP contribution in [0.25, 0.3) is 10.1 Å². The van der Waals surface area contributed by atoms with Crippen molar-refractivity contribution in [2.75, 3.05) is 0 Å². The fourth-order valence-electron chi connectivity index (χ4n) is 2.28. The van der Waals surface area contributed by atoms with Gasteiger partial charge in [-0.1, -0.05) is 50.1 Å². The predicted molar refractivity (Wildman–Crippen MR) is 92.3 cm³/mol. The van der Waals surface area contributed by atoms with Crippen molar-refractivity contribution < 1.29 is 5.11 Å². The number of halogens is 2. The van der Waals surface area contributed by atoms with E-state index in [2.05, 4.69) is 49.4 Å². The van der Waals surface area contributed by atoms with E-state index in [-0.39, 0.29) is 0 Å². The summed E-state index contributed by atoms with van der Waals surface area (Å²) >= 11 is 8.69. The molecule has 4 heteroatoms. The van der Waals surface area contributed by atoms with E-state index in [1.54, 1.807) is 11.3 Å². The van der Waals surface area contributed by atoms with Crippen LogP contribution in [0.3, 0.4) is 0 Å². The van der Waals surface area contributed by atoms with Crippen LogP contribution in [0.15, 0.2) is 56.8 Å². The Kier molecular flexibility index (Phi) is 4.26. The van der Waals surface area contributed by atoms with Crippen LogP contribution in [-0.2, 0) is 6.42 Å². The van der Waals surface area contributed by atoms with Gasteiger partial charge in [0, 0.05) is 20.1 Å². The number of aliphatic hydroxyl groups excluding tert-OH is 1. The average molecular weight is 412 g/mol. The molecule has 102 valence electrons. The molecule has 1 nitrogen and oxygen atoms in total. The van der Waals surface area contributed by atoms with E-state index in [0.717, 1.165) is 14.5 Å². The summed E-state index contributed by atoms with van der Waals surface area (Å²) in [5, 5.41) is 13.9. The molecule has 0 saturated carbocycles. The predicted octanol–water partition coefficient (Wildman–Crippen LogP) is 5.70. The third kappa shape index (κ3) is 2.84. The van der Waals surface area contributed by atoms with Gasteiger partial charge in [0.05, 0.1) is 6.10 Å². The lowest BCUT2D eigenvalue weighted by atomic mass is 10.0. The summed E-state index contributed by atoms with van der Waals surface area (Å²) in [6, 6.07) is 14.2. The SMILES string of the molecule is OC(Cc1csc2ccccc12)c1cc(Br)ccc1Br. The Morgan fingerprint density at radius 1 is 1.10 bits per heavy atom. The summed E-state index contributed by atoms with van der Waals surface area (Å²) in [6.07, 6.45) is 0.110. The number of fused-ring (bicyclic) bond motifs is 1. The van der Waals surface area contributed by atoms with Gasteiger partial charge in [-0.25, -0.2) is 0 Å². The fraction of sp³-hybridized carbons (Fsp3) is 0.125. The van der Waals surface area contributed by atoms with Crippen molar-refractivity contribution in [1.82, 2.24) is 0 Å². The first-order valence-corrected chi connectivity index (χ1v) is 8.70. The Bertz CT molecular complexity index is 751. The largest absolute Gasteiger partial charge is 0.388 e. The van der Waals surface area contributed by atoms with E-state index >= 15 is 0 Å². The Morgan fingerprint density at radius 2 is 1.90 bits per heavy atom. The Morgan fingerprint density at radius 3 is 2.75 bits per heavy atom. The summed E-state index contributed by atoms with van der Waals surface area (Å²) in [6.45, 7) is 0. The zero-order valence-electron chi connectivity index (χ0n) is 10.5. The molecule has 0 bridgehead atoms. The zero-order chi connectivity index (χ0) is 14.1. The number of thiophene rings is 1. The normalized spacial score (nSPS) is 12.8. The van der Waals surface area contributed by atoms with E-state index in [1.807, 2.05) is 30.3 Å². The van der Waals surface area contributed by atoms with Crippen LogP contribution in [0.1, 0.15) is 17.2 Å². The molecule has 0 aliphatic carbocycles. The molecule has 0 saturated heterocycles. The summed E-state index contributed by atoms with van der Waals surface area (Å²) in [5.41, 5.74) is 2.11. The molecule has 3 rings (SSSR count). The van der Waals surface area contributed by atoms with E-state index in [0.29, 0.717) is 6.42 Å². The maximum Gasteiger partial charge on any atom is 0.0842 e. The Hall–Kier alpha value is -0.680. The molecule has 0 amide bonds. The molecule has 1 unspecified atom stereocenters. The maximum absolute atomic E-state index is 10.5. The van der Waals surface area contributed by atoms with E-state index in [4.69, 9.17) is 0 Å². The van der Waals surface area contributed by atoms with Gasteiger partial charge in [0.1, 0.15) is 0 Å². The number of aliphatic hydroxyl groups is 1. The third-order valence-corrected chi connectivity index (χ3v) is 5.52. The number of hydrogen-bond donors (Lipinski definition) is 1. The smallest absolute Gasteiger partial charge is 0.0842 e. The molecule has 1 atom stereocenters. The van der Waals surface area contributed by atoms with Gasteiger partial charge in [-0.15, -0.1) is 11.3 Å². The van der Waals surface area contributed by atoms with Crippen LogP contribution in [0, 0.1) is 0 Å². The minimum atomic E-state index is -0.514. The minimum absolute atomic E-state index is 0.514. The van der Waals surface area contributed by atoms with Crippen LogP contribution in [0.5, 0.6) is 0 Å². The van der Waals surface area contributed by atoms with Gasteiger partial charge in [-0.3, -0.25) is 0 Å². The first-order chi connectivity index (χ1) is 9.65. The Balaban J connectivity index is 1.92. The molecule has 2 aromatic carbocycles. The molecule has 1 heterocycles.